The predicted molar refractivity (Wildman–Crippen MR) is 124 cm³/mol. The molecule has 0 saturated carbocycles. The van der Waals surface area contributed by atoms with Gasteiger partial charge in [-0.1, -0.05) is 29.5 Å². The molecule has 0 spiro atoms. The minimum Gasteiger partial charge on any atom is -0.478 e. The zero-order valence-corrected chi connectivity index (χ0v) is 18.1. The van der Waals surface area contributed by atoms with E-state index in [0.717, 1.165) is 35.6 Å². The number of carboxylic acid groups (broad SMARTS) is 1. The fourth-order valence-corrected chi connectivity index (χ4v) is 4.20. The number of aromatic amines is 1. The van der Waals surface area contributed by atoms with Crippen molar-refractivity contribution in [2.75, 3.05) is 31.2 Å². The van der Waals surface area contributed by atoms with Crippen LogP contribution < -0.4 is 10.3 Å². The van der Waals surface area contributed by atoms with Gasteiger partial charge in [-0.3, -0.25) is 4.79 Å². The molecule has 1 fully saturated rings. The molecule has 5 rings (SSSR count). The van der Waals surface area contributed by atoms with Crippen LogP contribution in [0.5, 0.6) is 0 Å². The topological polar surface area (TPSA) is 113 Å². The van der Waals surface area contributed by atoms with Gasteiger partial charge in [-0.2, -0.15) is 0 Å². The van der Waals surface area contributed by atoms with Gasteiger partial charge in [0.1, 0.15) is 11.5 Å². The van der Waals surface area contributed by atoms with E-state index in [9.17, 15) is 14.7 Å². The monoisotopic (exact) mass is 445 g/mol. The first-order chi connectivity index (χ1) is 16.0. The van der Waals surface area contributed by atoms with Gasteiger partial charge in [0.05, 0.1) is 37.0 Å². The molecule has 1 saturated heterocycles. The quantitative estimate of drug-likeness (QED) is 0.486. The van der Waals surface area contributed by atoms with Gasteiger partial charge in [-0.05, 0) is 30.2 Å². The standard InChI is InChI=1S/C24H23N5O4/c1-15-11-16(5-6-17(15)24(31)32)13-29-14-20(26-27-29)18-3-2-4-19-21(30)12-22(25-23(18)19)28-7-9-33-10-8-28/h2-6,11-12,14H,7-10,13H2,1H3,(H,25,30)(H,31,32). The highest BCUT2D eigenvalue weighted by molar-refractivity contribution is 5.93. The van der Waals surface area contributed by atoms with E-state index in [4.69, 9.17) is 4.74 Å². The van der Waals surface area contributed by atoms with E-state index in [-0.39, 0.29) is 11.0 Å². The van der Waals surface area contributed by atoms with Crippen LogP contribution >= 0.6 is 0 Å². The summed E-state index contributed by atoms with van der Waals surface area (Å²) in [5, 5.41) is 18.4. The Labute approximate surface area is 189 Å². The van der Waals surface area contributed by atoms with Crippen molar-refractivity contribution in [3.05, 3.63) is 75.6 Å². The van der Waals surface area contributed by atoms with Crippen molar-refractivity contribution in [2.24, 2.45) is 0 Å². The molecule has 0 unspecified atom stereocenters. The number of H-pyrrole nitrogens is 1. The molecule has 9 nitrogen and oxygen atoms in total. The lowest BCUT2D eigenvalue weighted by molar-refractivity contribution is 0.0696. The summed E-state index contributed by atoms with van der Waals surface area (Å²) in [7, 11) is 0. The number of nitrogens with zero attached hydrogens (tertiary/aromatic N) is 4. The number of ether oxygens (including phenoxy) is 1. The van der Waals surface area contributed by atoms with Gasteiger partial charge >= 0.3 is 5.97 Å². The van der Waals surface area contributed by atoms with Crippen molar-refractivity contribution in [1.29, 1.82) is 0 Å². The number of aromatic nitrogens is 4. The Hall–Kier alpha value is -3.98. The number of pyridine rings is 1. The van der Waals surface area contributed by atoms with Crippen molar-refractivity contribution in [3.8, 4) is 11.3 Å². The summed E-state index contributed by atoms with van der Waals surface area (Å²) >= 11 is 0. The Kier molecular flexibility index (Phi) is 5.39. The van der Waals surface area contributed by atoms with Crippen LogP contribution in [0.15, 0.2) is 53.5 Å². The van der Waals surface area contributed by atoms with Crippen LogP contribution in [0, 0.1) is 6.92 Å². The second-order valence-corrected chi connectivity index (χ2v) is 8.10. The van der Waals surface area contributed by atoms with Crippen molar-refractivity contribution in [1.82, 2.24) is 20.0 Å². The number of aromatic carboxylic acids is 1. The number of rotatable bonds is 5. The Bertz CT molecular complexity index is 1400. The van der Waals surface area contributed by atoms with Crippen molar-refractivity contribution < 1.29 is 14.6 Å². The summed E-state index contributed by atoms with van der Waals surface area (Å²) < 4.78 is 7.13. The molecular formula is C24H23N5O4. The van der Waals surface area contributed by atoms with Crippen molar-refractivity contribution in [3.63, 3.8) is 0 Å². The molecule has 33 heavy (non-hydrogen) atoms. The molecule has 1 aliphatic rings. The SMILES string of the molecule is Cc1cc(Cn2cc(-c3cccc4c(=O)cc(N5CCOCC5)[nH]c34)nn2)ccc1C(=O)O. The van der Waals surface area contributed by atoms with E-state index < -0.39 is 5.97 Å². The van der Waals surface area contributed by atoms with E-state index in [0.29, 0.717) is 36.4 Å². The molecule has 1 aliphatic heterocycles. The molecule has 0 bridgehead atoms. The third-order valence-corrected chi connectivity index (χ3v) is 5.88. The number of aryl methyl sites for hydroxylation is 1. The van der Waals surface area contributed by atoms with Gasteiger partial charge in [0.2, 0.25) is 0 Å². The van der Waals surface area contributed by atoms with E-state index in [2.05, 4.69) is 20.2 Å². The van der Waals surface area contributed by atoms with E-state index in [1.54, 1.807) is 35.9 Å². The van der Waals surface area contributed by atoms with E-state index >= 15 is 0 Å². The number of carboxylic acids is 1. The second kappa shape index (κ2) is 8.51. The highest BCUT2D eigenvalue weighted by Gasteiger charge is 2.16. The van der Waals surface area contributed by atoms with Gasteiger partial charge in [0, 0.05) is 30.1 Å². The summed E-state index contributed by atoms with van der Waals surface area (Å²) in [5.41, 5.74) is 4.03. The first kappa shape index (κ1) is 20.9. The van der Waals surface area contributed by atoms with Crippen LogP contribution in [0.2, 0.25) is 0 Å². The Morgan fingerprint density at radius 1 is 1.18 bits per heavy atom. The van der Waals surface area contributed by atoms with Gasteiger partial charge in [-0.15, -0.1) is 5.10 Å². The maximum Gasteiger partial charge on any atom is 0.335 e. The number of carbonyl (C=O) groups is 1. The lowest BCUT2D eigenvalue weighted by atomic mass is 10.1. The molecule has 3 heterocycles. The zero-order chi connectivity index (χ0) is 22.9. The number of benzene rings is 2. The largest absolute Gasteiger partial charge is 0.478 e. The van der Waals surface area contributed by atoms with Gasteiger partial charge in [-0.25, -0.2) is 9.48 Å². The molecule has 2 N–H and O–H groups in total. The second-order valence-electron chi connectivity index (χ2n) is 8.10. The number of morpholine rings is 1. The average Bonchev–Trinajstić information content (AvgIpc) is 3.27. The van der Waals surface area contributed by atoms with E-state index in [1.165, 1.54) is 0 Å². The summed E-state index contributed by atoms with van der Waals surface area (Å²) in [6.45, 7) is 4.93. The summed E-state index contributed by atoms with van der Waals surface area (Å²) in [6.07, 6.45) is 1.83. The van der Waals surface area contributed by atoms with Crippen LogP contribution in [-0.4, -0.2) is 57.4 Å². The zero-order valence-electron chi connectivity index (χ0n) is 18.1. The summed E-state index contributed by atoms with van der Waals surface area (Å²) in [4.78, 5) is 29.6. The highest BCUT2D eigenvalue weighted by Crippen LogP contribution is 2.26. The van der Waals surface area contributed by atoms with Crippen LogP contribution in [0.1, 0.15) is 21.5 Å². The molecule has 9 heteroatoms. The lowest BCUT2D eigenvalue weighted by Crippen LogP contribution is -2.37. The molecule has 0 atom stereocenters. The van der Waals surface area contributed by atoms with Gasteiger partial charge < -0.3 is 19.7 Å². The Morgan fingerprint density at radius 2 is 2.00 bits per heavy atom. The van der Waals surface area contributed by atoms with Gasteiger partial charge in [0.25, 0.3) is 0 Å². The Morgan fingerprint density at radius 3 is 2.76 bits per heavy atom. The fourth-order valence-electron chi connectivity index (χ4n) is 4.20. The predicted octanol–water partition coefficient (Wildman–Crippen LogP) is 2.68. The first-order valence-electron chi connectivity index (χ1n) is 10.7. The van der Waals surface area contributed by atoms with Crippen LogP contribution in [-0.2, 0) is 11.3 Å². The number of anilines is 1. The van der Waals surface area contributed by atoms with Crippen LogP contribution in [0.4, 0.5) is 5.82 Å². The Balaban J connectivity index is 1.48. The number of fused-ring (bicyclic) bond motifs is 1. The van der Waals surface area contributed by atoms with Crippen molar-refractivity contribution in [2.45, 2.75) is 13.5 Å². The van der Waals surface area contributed by atoms with Gasteiger partial charge in [0.15, 0.2) is 5.43 Å². The molecule has 2 aromatic heterocycles. The number of para-hydroxylation sites is 1. The third kappa shape index (κ3) is 4.10. The van der Waals surface area contributed by atoms with Crippen molar-refractivity contribution >= 4 is 22.7 Å². The summed E-state index contributed by atoms with van der Waals surface area (Å²) in [5.74, 6) is -0.173. The maximum atomic E-state index is 12.8. The summed E-state index contributed by atoms with van der Waals surface area (Å²) in [6, 6.07) is 12.4. The van der Waals surface area contributed by atoms with Crippen LogP contribution in [0.3, 0.4) is 0 Å². The van der Waals surface area contributed by atoms with Crippen LogP contribution in [0.25, 0.3) is 22.2 Å². The highest BCUT2D eigenvalue weighted by atomic mass is 16.5. The maximum absolute atomic E-state index is 12.8. The lowest BCUT2D eigenvalue weighted by Gasteiger charge is -2.28. The molecular weight excluding hydrogens is 422 g/mol. The molecule has 0 aliphatic carbocycles. The minimum atomic E-state index is -0.941. The molecule has 4 aromatic rings. The molecule has 0 amide bonds. The normalized spacial score (nSPS) is 14.0. The number of hydrogen-bond acceptors (Lipinski definition) is 6. The minimum absolute atomic E-state index is 0.0477. The molecule has 2 aromatic carbocycles. The average molecular weight is 445 g/mol. The third-order valence-electron chi connectivity index (χ3n) is 5.88. The van der Waals surface area contributed by atoms with E-state index in [1.807, 2.05) is 24.4 Å². The number of hydrogen-bond donors (Lipinski definition) is 2. The fraction of sp³-hybridized carbons (Fsp3) is 0.250. The molecule has 0 radical (unpaired) electrons. The smallest absolute Gasteiger partial charge is 0.335 e. The molecule has 168 valence electrons. The first-order valence-corrected chi connectivity index (χ1v) is 10.7. The number of nitrogens with one attached hydrogen (secondary N) is 1.